The van der Waals surface area contributed by atoms with Gasteiger partial charge in [0.2, 0.25) is 0 Å². The molecule has 0 radical (unpaired) electrons. The van der Waals surface area contributed by atoms with E-state index in [0.29, 0.717) is 0 Å². The fourth-order valence-corrected chi connectivity index (χ4v) is 4.60. The van der Waals surface area contributed by atoms with Crippen molar-refractivity contribution >= 4 is 14.0 Å². The Morgan fingerprint density at radius 3 is 2.05 bits per heavy atom. The zero-order valence-corrected chi connectivity index (χ0v) is 14.2. The lowest BCUT2D eigenvalue weighted by Crippen LogP contribution is -2.39. The number of allylic oxidation sites excluding steroid dienone is 2. The van der Waals surface area contributed by atoms with Crippen molar-refractivity contribution in [2.24, 2.45) is 0 Å². The molecule has 0 unspecified atom stereocenters. The molecule has 0 aliphatic heterocycles. The predicted molar refractivity (Wildman–Crippen MR) is 87.1 cm³/mol. The quantitative estimate of drug-likeness (QED) is 0.793. The second kappa shape index (κ2) is 5.88. The maximum absolute atomic E-state index is 5.68. The zero-order chi connectivity index (χ0) is 14.8. The van der Waals surface area contributed by atoms with Gasteiger partial charge in [-0.1, -0.05) is 42.5 Å². The molecule has 1 aromatic rings. The minimum atomic E-state index is -0.925. The van der Waals surface area contributed by atoms with Crippen LogP contribution in [0, 0.1) is 0 Å². The molecule has 0 N–H and O–H groups in total. The van der Waals surface area contributed by atoms with Gasteiger partial charge in [0.25, 0.3) is 0 Å². The van der Waals surface area contributed by atoms with Crippen LogP contribution in [-0.2, 0) is 14.9 Å². The van der Waals surface area contributed by atoms with Crippen molar-refractivity contribution in [1.29, 1.82) is 0 Å². The highest BCUT2D eigenvalue weighted by Gasteiger charge is 2.41. The third-order valence-electron chi connectivity index (χ3n) is 4.15. The van der Waals surface area contributed by atoms with Crippen LogP contribution in [0.2, 0.25) is 13.1 Å². The Bertz CT molecular complexity index is 524. The smallest absolute Gasteiger partial charge is 0.110 e. The lowest BCUT2D eigenvalue weighted by Gasteiger charge is -2.37. The lowest BCUT2D eigenvalue weighted by atomic mass is 9.75. The Balaban J connectivity index is 2.65. The van der Waals surface area contributed by atoms with Crippen LogP contribution in [0.25, 0.3) is 0 Å². The van der Waals surface area contributed by atoms with Crippen molar-refractivity contribution in [3.05, 3.63) is 53.5 Å². The minimum absolute atomic E-state index is 0.310. The monoisotopic (exact) mass is 288 g/mol. The molecule has 0 aromatic heterocycles. The van der Waals surface area contributed by atoms with Gasteiger partial charge in [0.05, 0.1) is 23.0 Å². The predicted octanol–water partition coefficient (Wildman–Crippen LogP) is 3.10. The largest absolute Gasteiger partial charge is 0.500 e. The van der Waals surface area contributed by atoms with Crippen LogP contribution >= 0.6 is 0 Å². The summed E-state index contributed by atoms with van der Waals surface area (Å²) in [6.07, 6.45) is 5.17. The summed E-state index contributed by atoms with van der Waals surface area (Å²) in [6.45, 7) is 6.92. The highest BCUT2D eigenvalue weighted by atomic mass is 28.3. The van der Waals surface area contributed by atoms with Gasteiger partial charge >= 0.3 is 0 Å². The number of hydrogen-bond donors (Lipinski definition) is 0. The first kappa shape index (κ1) is 14.9. The highest BCUT2D eigenvalue weighted by molar-refractivity contribution is 6.71. The Morgan fingerprint density at radius 1 is 1.00 bits per heavy atom. The number of rotatable bonds is 4. The summed E-state index contributed by atoms with van der Waals surface area (Å²) in [5, 5.41) is 1.47. The lowest BCUT2D eigenvalue weighted by molar-refractivity contribution is 0.175. The standard InChI is InChI=1S/C17H24O2Si/c1-17(13-9-6-7-10-14(13)20(4)5)15(18-2)11-8-12-16(17)19-3/h6-7,9-12,20H,8H2,1-5H3. The van der Waals surface area contributed by atoms with E-state index in [9.17, 15) is 0 Å². The summed E-state index contributed by atoms with van der Waals surface area (Å²) in [6, 6.07) is 8.71. The maximum atomic E-state index is 5.68. The van der Waals surface area contributed by atoms with E-state index in [0.717, 1.165) is 17.9 Å². The molecule has 1 aliphatic rings. The van der Waals surface area contributed by atoms with Gasteiger partial charge in [0.15, 0.2) is 0 Å². The van der Waals surface area contributed by atoms with Crippen molar-refractivity contribution in [2.75, 3.05) is 14.2 Å². The van der Waals surface area contributed by atoms with Crippen LogP contribution in [0.15, 0.2) is 47.9 Å². The van der Waals surface area contributed by atoms with Crippen LogP contribution in [0.1, 0.15) is 18.9 Å². The second-order valence-electron chi connectivity index (χ2n) is 5.65. The average Bonchev–Trinajstić information content (AvgIpc) is 2.47. The van der Waals surface area contributed by atoms with Gasteiger partial charge in [-0.15, -0.1) is 0 Å². The molecule has 3 heteroatoms. The van der Waals surface area contributed by atoms with E-state index in [4.69, 9.17) is 9.47 Å². The van der Waals surface area contributed by atoms with Gasteiger partial charge in [0.1, 0.15) is 16.9 Å². The molecule has 0 saturated heterocycles. The number of benzene rings is 1. The maximum Gasteiger partial charge on any atom is 0.110 e. The number of hydrogen-bond acceptors (Lipinski definition) is 2. The molecule has 0 saturated carbocycles. The molecule has 0 atom stereocenters. The molecule has 2 nitrogen and oxygen atoms in total. The molecule has 1 aromatic carbocycles. The first-order valence-electron chi connectivity index (χ1n) is 7.14. The van der Waals surface area contributed by atoms with E-state index < -0.39 is 8.80 Å². The first-order chi connectivity index (χ1) is 9.55. The Morgan fingerprint density at radius 2 is 1.55 bits per heavy atom. The van der Waals surface area contributed by atoms with Crippen molar-refractivity contribution in [3.8, 4) is 0 Å². The molecule has 0 spiro atoms. The highest BCUT2D eigenvalue weighted by Crippen LogP contribution is 2.41. The van der Waals surface area contributed by atoms with Crippen LogP contribution in [0.4, 0.5) is 0 Å². The van der Waals surface area contributed by atoms with Gasteiger partial charge in [-0.2, -0.15) is 0 Å². The van der Waals surface area contributed by atoms with Gasteiger partial charge < -0.3 is 9.47 Å². The fourth-order valence-electron chi connectivity index (χ4n) is 3.10. The average molecular weight is 288 g/mol. The third-order valence-corrected chi connectivity index (χ3v) is 5.90. The molecule has 0 heterocycles. The topological polar surface area (TPSA) is 18.5 Å². The molecule has 0 amide bonds. The van der Waals surface area contributed by atoms with E-state index in [2.05, 4.69) is 56.4 Å². The second-order valence-corrected chi connectivity index (χ2v) is 8.58. The molecule has 0 fully saturated rings. The summed E-state index contributed by atoms with van der Waals surface area (Å²) >= 11 is 0. The molecular weight excluding hydrogens is 264 g/mol. The van der Waals surface area contributed by atoms with Crippen LogP contribution in [-0.4, -0.2) is 23.0 Å². The Hall–Kier alpha value is -1.48. The summed E-state index contributed by atoms with van der Waals surface area (Å²) < 4.78 is 11.4. The first-order valence-corrected chi connectivity index (χ1v) is 10.0. The molecule has 1 aliphatic carbocycles. The van der Waals surface area contributed by atoms with Crippen LogP contribution in [0.5, 0.6) is 0 Å². The number of methoxy groups -OCH3 is 2. The zero-order valence-electron chi connectivity index (χ0n) is 13.1. The summed E-state index contributed by atoms with van der Waals surface area (Å²) in [7, 11) is 2.57. The van der Waals surface area contributed by atoms with Crippen molar-refractivity contribution < 1.29 is 9.47 Å². The molecular formula is C17H24O2Si. The summed E-state index contributed by atoms with van der Waals surface area (Å²) in [4.78, 5) is 0. The number of ether oxygens (including phenoxy) is 2. The minimum Gasteiger partial charge on any atom is -0.500 e. The van der Waals surface area contributed by atoms with E-state index in [1.165, 1.54) is 10.8 Å². The van der Waals surface area contributed by atoms with Gasteiger partial charge in [-0.3, -0.25) is 0 Å². The van der Waals surface area contributed by atoms with Gasteiger partial charge in [-0.05, 0) is 31.1 Å². The van der Waals surface area contributed by atoms with Crippen molar-refractivity contribution in [1.82, 2.24) is 0 Å². The fraction of sp³-hybridized carbons (Fsp3) is 0.412. The molecule has 108 valence electrons. The van der Waals surface area contributed by atoms with Crippen LogP contribution in [0.3, 0.4) is 0 Å². The van der Waals surface area contributed by atoms with Gasteiger partial charge in [-0.25, -0.2) is 0 Å². The van der Waals surface area contributed by atoms with E-state index in [-0.39, 0.29) is 5.41 Å². The third kappa shape index (κ3) is 2.31. The summed E-state index contributed by atoms with van der Waals surface area (Å²) in [5.74, 6) is 1.97. The normalized spacial score (nSPS) is 17.5. The molecule has 2 rings (SSSR count). The molecule has 20 heavy (non-hydrogen) atoms. The van der Waals surface area contributed by atoms with Gasteiger partial charge in [0, 0.05) is 0 Å². The van der Waals surface area contributed by atoms with E-state index in [1.54, 1.807) is 14.2 Å². The van der Waals surface area contributed by atoms with E-state index in [1.807, 2.05) is 0 Å². The van der Waals surface area contributed by atoms with Crippen molar-refractivity contribution in [3.63, 3.8) is 0 Å². The molecule has 0 bridgehead atoms. The Kier molecular flexibility index (Phi) is 4.38. The van der Waals surface area contributed by atoms with Crippen molar-refractivity contribution in [2.45, 2.75) is 31.9 Å². The Labute approximate surface area is 123 Å². The summed E-state index contributed by atoms with van der Waals surface area (Å²) in [5.41, 5.74) is 1.01. The SMILES string of the molecule is COC1=CCC=C(OC)C1(C)c1ccccc1[SiH](C)C. The van der Waals surface area contributed by atoms with Crippen LogP contribution < -0.4 is 5.19 Å². The van der Waals surface area contributed by atoms with E-state index >= 15 is 0 Å².